The minimum absolute atomic E-state index is 0.281. The van der Waals surface area contributed by atoms with E-state index in [0.717, 1.165) is 37.0 Å². The van der Waals surface area contributed by atoms with Crippen molar-refractivity contribution in [2.45, 2.75) is 43.3 Å². The lowest BCUT2D eigenvalue weighted by atomic mass is 9.82. The molecule has 4 heteroatoms. The summed E-state index contributed by atoms with van der Waals surface area (Å²) in [7, 11) is 1.65. The third-order valence-electron chi connectivity index (χ3n) is 5.36. The van der Waals surface area contributed by atoms with Crippen LogP contribution in [0.25, 0.3) is 0 Å². The smallest absolute Gasteiger partial charge is 0.347 e. The van der Waals surface area contributed by atoms with Gasteiger partial charge in [-0.3, -0.25) is 0 Å². The van der Waals surface area contributed by atoms with Crippen molar-refractivity contribution in [3.05, 3.63) is 60.2 Å². The number of hydrogen-bond acceptors (Lipinski definition) is 4. The Morgan fingerprint density at radius 3 is 2.36 bits per heavy atom. The van der Waals surface area contributed by atoms with Gasteiger partial charge >= 0.3 is 5.97 Å². The summed E-state index contributed by atoms with van der Waals surface area (Å²) < 4.78 is 17.1. The van der Waals surface area contributed by atoms with E-state index in [1.54, 1.807) is 19.2 Å². The van der Waals surface area contributed by atoms with Gasteiger partial charge in [-0.2, -0.15) is 0 Å². The van der Waals surface area contributed by atoms with Crippen molar-refractivity contribution >= 4 is 5.97 Å². The minimum Gasteiger partial charge on any atom is -0.497 e. The highest BCUT2D eigenvalue weighted by Crippen LogP contribution is 2.63. The van der Waals surface area contributed by atoms with Gasteiger partial charge in [-0.25, -0.2) is 4.79 Å². The molecule has 130 valence electrons. The zero-order valence-corrected chi connectivity index (χ0v) is 14.4. The maximum Gasteiger partial charge on any atom is 0.347 e. The Morgan fingerprint density at radius 1 is 0.920 bits per heavy atom. The number of carbonyl (C=O) groups excluding carboxylic acids is 1. The molecule has 0 bridgehead atoms. The number of para-hydroxylation sites is 1. The van der Waals surface area contributed by atoms with Crippen molar-refractivity contribution in [3.63, 3.8) is 0 Å². The van der Waals surface area contributed by atoms with Crippen molar-refractivity contribution < 1.29 is 19.0 Å². The van der Waals surface area contributed by atoms with Crippen LogP contribution >= 0.6 is 0 Å². The van der Waals surface area contributed by atoms with Crippen LogP contribution in [0.4, 0.5) is 0 Å². The number of hydrogen-bond donors (Lipinski definition) is 0. The average molecular weight is 338 g/mol. The van der Waals surface area contributed by atoms with Gasteiger partial charge in [-0.15, -0.1) is 0 Å². The first kappa shape index (κ1) is 16.2. The number of epoxide rings is 1. The molecule has 0 radical (unpaired) electrons. The second-order valence-corrected chi connectivity index (χ2v) is 6.75. The van der Waals surface area contributed by atoms with Gasteiger partial charge in [-0.05, 0) is 49.1 Å². The first-order chi connectivity index (χ1) is 12.2. The van der Waals surface area contributed by atoms with Crippen LogP contribution in [0.3, 0.4) is 0 Å². The molecule has 2 fully saturated rings. The van der Waals surface area contributed by atoms with Crippen molar-refractivity contribution in [3.8, 4) is 11.5 Å². The Hall–Kier alpha value is -2.33. The molecule has 4 rings (SSSR count). The monoisotopic (exact) mass is 338 g/mol. The lowest BCUT2D eigenvalue weighted by molar-refractivity contribution is -0.140. The van der Waals surface area contributed by atoms with Crippen molar-refractivity contribution in [1.82, 2.24) is 0 Å². The maximum absolute atomic E-state index is 13.0. The van der Waals surface area contributed by atoms with E-state index in [0.29, 0.717) is 12.2 Å². The number of fused-ring (bicyclic) bond motifs is 1. The minimum atomic E-state index is -0.867. The lowest BCUT2D eigenvalue weighted by Crippen LogP contribution is -2.35. The molecule has 1 saturated heterocycles. The van der Waals surface area contributed by atoms with Crippen LogP contribution in [0.1, 0.15) is 37.7 Å². The van der Waals surface area contributed by atoms with E-state index < -0.39 is 11.2 Å². The Labute approximate surface area is 147 Å². The van der Waals surface area contributed by atoms with Crippen LogP contribution in [0.5, 0.6) is 11.5 Å². The Balaban J connectivity index is 1.65. The molecule has 1 saturated carbocycles. The highest BCUT2D eigenvalue weighted by atomic mass is 16.7. The van der Waals surface area contributed by atoms with Crippen LogP contribution < -0.4 is 9.47 Å². The summed E-state index contributed by atoms with van der Waals surface area (Å²) in [6.07, 6.45) is 4.67. The summed E-state index contributed by atoms with van der Waals surface area (Å²) in [4.78, 5) is 13.0. The molecule has 0 N–H and O–H groups in total. The molecule has 0 amide bonds. The van der Waals surface area contributed by atoms with Crippen LogP contribution in [0.15, 0.2) is 54.6 Å². The standard InChI is InChI=1S/C21H22O4/c1-23-17-12-10-16(11-13-17)20-14-6-3-7-15-21(20,25-20)19(22)24-18-8-4-2-5-9-18/h2,4-5,8-13H,3,6-7,14-15H2,1H3. The van der Waals surface area contributed by atoms with Crippen LogP contribution in [0, 0.1) is 0 Å². The Kier molecular flexibility index (Phi) is 4.00. The van der Waals surface area contributed by atoms with Crippen LogP contribution in [0.2, 0.25) is 0 Å². The van der Waals surface area contributed by atoms with Crippen molar-refractivity contribution in [2.75, 3.05) is 7.11 Å². The van der Waals surface area contributed by atoms with Gasteiger partial charge in [0.25, 0.3) is 0 Å². The normalized spacial score (nSPS) is 27.7. The molecule has 1 aliphatic heterocycles. The predicted octanol–water partition coefficient (Wildman–Crippen LogP) is 4.23. The summed E-state index contributed by atoms with van der Waals surface area (Å²) in [5.41, 5.74) is -0.407. The van der Waals surface area contributed by atoms with E-state index in [-0.39, 0.29) is 5.97 Å². The van der Waals surface area contributed by atoms with E-state index in [9.17, 15) is 4.79 Å². The second-order valence-electron chi connectivity index (χ2n) is 6.75. The van der Waals surface area contributed by atoms with E-state index in [1.165, 1.54) is 0 Å². The highest BCUT2D eigenvalue weighted by molar-refractivity contribution is 5.87. The molecule has 1 aliphatic carbocycles. The maximum atomic E-state index is 13.0. The Bertz CT molecular complexity index is 755. The lowest BCUT2D eigenvalue weighted by Gasteiger charge is -2.17. The molecule has 0 aromatic heterocycles. The number of esters is 1. The molecule has 25 heavy (non-hydrogen) atoms. The van der Waals surface area contributed by atoms with E-state index >= 15 is 0 Å². The second kappa shape index (κ2) is 6.19. The van der Waals surface area contributed by atoms with Gasteiger partial charge in [0.2, 0.25) is 0 Å². The van der Waals surface area contributed by atoms with Crippen LogP contribution in [-0.2, 0) is 15.1 Å². The molecule has 0 spiro atoms. The van der Waals surface area contributed by atoms with Gasteiger partial charge in [0, 0.05) is 0 Å². The zero-order chi connectivity index (χ0) is 17.3. The third-order valence-corrected chi connectivity index (χ3v) is 5.36. The number of methoxy groups -OCH3 is 1. The number of carbonyl (C=O) groups is 1. The molecule has 4 nitrogen and oxygen atoms in total. The molecule has 2 aromatic carbocycles. The summed E-state index contributed by atoms with van der Waals surface area (Å²) >= 11 is 0. The summed E-state index contributed by atoms with van der Waals surface area (Å²) in [5.74, 6) is 1.08. The van der Waals surface area contributed by atoms with Gasteiger partial charge in [0.05, 0.1) is 7.11 Å². The molecule has 2 aromatic rings. The molecule has 2 aliphatic rings. The quantitative estimate of drug-likeness (QED) is 0.475. The summed E-state index contributed by atoms with van der Waals surface area (Å²) in [5, 5.41) is 0. The summed E-state index contributed by atoms with van der Waals surface area (Å²) in [6, 6.07) is 17.1. The molecule has 2 atom stereocenters. The molecule has 1 heterocycles. The zero-order valence-electron chi connectivity index (χ0n) is 14.4. The summed E-state index contributed by atoms with van der Waals surface area (Å²) in [6.45, 7) is 0. The van der Waals surface area contributed by atoms with E-state index in [1.807, 2.05) is 42.5 Å². The predicted molar refractivity (Wildman–Crippen MR) is 93.7 cm³/mol. The Morgan fingerprint density at radius 2 is 1.64 bits per heavy atom. The fraction of sp³-hybridized carbons (Fsp3) is 0.381. The molecular weight excluding hydrogens is 316 g/mol. The van der Waals surface area contributed by atoms with Gasteiger partial charge in [0.1, 0.15) is 17.1 Å². The van der Waals surface area contributed by atoms with E-state index in [4.69, 9.17) is 14.2 Å². The van der Waals surface area contributed by atoms with Crippen LogP contribution in [-0.4, -0.2) is 18.7 Å². The topological polar surface area (TPSA) is 48.1 Å². The third kappa shape index (κ3) is 2.61. The average Bonchev–Trinajstić information content (AvgIpc) is 3.34. The number of rotatable bonds is 4. The largest absolute Gasteiger partial charge is 0.497 e. The molecule has 2 unspecified atom stereocenters. The number of benzene rings is 2. The van der Waals surface area contributed by atoms with Gasteiger partial charge in [-0.1, -0.05) is 43.2 Å². The van der Waals surface area contributed by atoms with Gasteiger partial charge < -0.3 is 14.2 Å². The fourth-order valence-corrected chi connectivity index (χ4v) is 3.99. The fourth-order valence-electron chi connectivity index (χ4n) is 3.99. The van der Waals surface area contributed by atoms with Crippen molar-refractivity contribution in [2.24, 2.45) is 0 Å². The SMILES string of the molecule is COc1ccc(C23CCCCCC2(C(=O)Oc2ccccc2)O3)cc1. The highest BCUT2D eigenvalue weighted by Gasteiger charge is 2.75. The van der Waals surface area contributed by atoms with E-state index in [2.05, 4.69) is 0 Å². The first-order valence-electron chi connectivity index (χ1n) is 8.82. The number of ether oxygens (including phenoxy) is 3. The van der Waals surface area contributed by atoms with Gasteiger partial charge in [0.15, 0.2) is 5.60 Å². The van der Waals surface area contributed by atoms with Crippen molar-refractivity contribution in [1.29, 1.82) is 0 Å². The molecular formula is C21H22O4. The first-order valence-corrected chi connectivity index (χ1v) is 8.82.